The van der Waals surface area contributed by atoms with E-state index in [9.17, 15) is 4.79 Å². The Kier molecular flexibility index (Phi) is 6.65. The van der Waals surface area contributed by atoms with E-state index in [-0.39, 0.29) is 6.61 Å². The van der Waals surface area contributed by atoms with Gasteiger partial charge in [-0.15, -0.1) is 0 Å². The number of methoxy groups -OCH3 is 3. The summed E-state index contributed by atoms with van der Waals surface area (Å²) < 4.78 is 21.1. The van der Waals surface area contributed by atoms with Crippen molar-refractivity contribution in [2.75, 3.05) is 27.9 Å². The Labute approximate surface area is 146 Å². The third-order valence-electron chi connectivity index (χ3n) is 3.25. The summed E-state index contributed by atoms with van der Waals surface area (Å²) in [6.45, 7) is -0.188. The van der Waals surface area contributed by atoms with Crippen LogP contribution in [-0.2, 0) is 4.79 Å². The summed E-state index contributed by atoms with van der Waals surface area (Å²) >= 11 is 0. The first kappa shape index (κ1) is 18.1. The fourth-order valence-corrected chi connectivity index (χ4v) is 2.10. The van der Waals surface area contributed by atoms with Gasteiger partial charge in [-0.05, 0) is 24.3 Å². The van der Waals surface area contributed by atoms with Crippen LogP contribution in [0.3, 0.4) is 0 Å². The SMILES string of the molecule is COc1ccccc1OCC(=O)N/N=C\c1cccc(OC)c1OC. The Bertz CT molecular complexity index is 746. The van der Waals surface area contributed by atoms with E-state index in [1.54, 1.807) is 43.5 Å². The van der Waals surface area contributed by atoms with Crippen LogP contribution in [0.4, 0.5) is 0 Å². The van der Waals surface area contributed by atoms with Gasteiger partial charge in [0.25, 0.3) is 5.91 Å². The normalized spacial score (nSPS) is 10.4. The molecule has 0 atom stereocenters. The molecule has 132 valence electrons. The number of ether oxygens (including phenoxy) is 4. The number of carbonyl (C=O) groups is 1. The lowest BCUT2D eigenvalue weighted by molar-refractivity contribution is -0.123. The van der Waals surface area contributed by atoms with Crippen LogP contribution in [-0.4, -0.2) is 40.1 Å². The fourth-order valence-electron chi connectivity index (χ4n) is 2.10. The van der Waals surface area contributed by atoms with E-state index in [2.05, 4.69) is 10.5 Å². The molecule has 0 aliphatic rings. The second-order valence-corrected chi connectivity index (χ2v) is 4.82. The lowest BCUT2D eigenvalue weighted by atomic mass is 10.2. The minimum absolute atomic E-state index is 0.188. The Morgan fingerprint density at radius 1 is 0.960 bits per heavy atom. The van der Waals surface area contributed by atoms with E-state index < -0.39 is 5.91 Å². The van der Waals surface area contributed by atoms with E-state index in [1.807, 2.05) is 6.07 Å². The average Bonchev–Trinajstić information content (AvgIpc) is 2.66. The topological polar surface area (TPSA) is 78.4 Å². The van der Waals surface area contributed by atoms with Gasteiger partial charge in [0, 0.05) is 5.56 Å². The number of para-hydroxylation sites is 3. The second kappa shape index (κ2) is 9.17. The van der Waals surface area contributed by atoms with Crippen LogP contribution in [0.5, 0.6) is 23.0 Å². The van der Waals surface area contributed by atoms with Crippen LogP contribution in [0.25, 0.3) is 0 Å². The lowest BCUT2D eigenvalue weighted by Crippen LogP contribution is -2.24. The van der Waals surface area contributed by atoms with Crippen LogP contribution in [0.2, 0.25) is 0 Å². The van der Waals surface area contributed by atoms with Gasteiger partial charge < -0.3 is 18.9 Å². The van der Waals surface area contributed by atoms with Crippen molar-refractivity contribution in [3.8, 4) is 23.0 Å². The van der Waals surface area contributed by atoms with Gasteiger partial charge in [0.15, 0.2) is 29.6 Å². The minimum atomic E-state index is -0.399. The maximum Gasteiger partial charge on any atom is 0.277 e. The van der Waals surface area contributed by atoms with Crippen LogP contribution in [0.1, 0.15) is 5.56 Å². The molecule has 0 fully saturated rings. The molecule has 0 aromatic heterocycles. The smallest absolute Gasteiger partial charge is 0.277 e. The number of carbonyl (C=O) groups excluding carboxylic acids is 1. The van der Waals surface area contributed by atoms with Gasteiger partial charge in [0.1, 0.15) is 0 Å². The van der Waals surface area contributed by atoms with E-state index in [4.69, 9.17) is 18.9 Å². The molecule has 0 spiro atoms. The number of rotatable bonds is 8. The highest BCUT2D eigenvalue weighted by atomic mass is 16.5. The average molecular weight is 344 g/mol. The molecule has 1 amide bonds. The maximum absolute atomic E-state index is 11.8. The van der Waals surface area contributed by atoms with Crippen LogP contribution in [0, 0.1) is 0 Å². The van der Waals surface area contributed by atoms with Crippen molar-refractivity contribution in [2.45, 2.75) is 0 Å². The summed E-state index contributed by atoms with van der Waals surface area (Å²) in [6.07, 6.45) is 1.47. The second-order valence-electron chi connectivity index (χ2n) is 4.82. The molecule has 2 aromatic carbocycles. The number of benzene rings is 2. The lowest BCUT2D eigenvalue weighted by Gasteiger charge is -2.10. The first-order chi connectivity index (χ1) is 12.2. The van der Waals surface area contributed by atoms with Gasteiger partial charge in [0.05, 0.1) is 27.5 Å². The monoisotopic (exact) mass is 344 g/mol. The molecule has 0 saturated heterocycles. The summed E-state index contributed by atoms with van der Waals surface area (Å²) in [7, 11) is 4.62. The molecular weight excluding hydrogens is 324 g/mol. The molecule has 2 aromatic rings. The predicted molar refractivity (Wildman–Crippen MR) is 93.8 cm³/mol. The number of nitrogens with one attached hydrogen (secondary N) is 1. The summed E-state index contributed by atoms with van der Waals surface area (Å²) in [5, 5.41) is 3.91. The van der Waals surface area contributed by atoms with Crippen molar-refractivity contribution in [3.05, 3.63) is 48.0 Å². The highest BCUT2D eigenvalue weighted by Gasteiger charge is 2.08. The van der Waals surface area contributed by atoms with Crippen molar-refractivity contribution < 1.29 is 23.7 Å². The molecule has 1 N–H and O–H groups in total. The molecule has 0 bridgehead atoms. The first-order valence-corrected chi connectivity index (χ1v) is 7.48. The van der Waals surface area contributed by atoms with Crippen molar-refractivity contribution in [2.24, 2.45) is 5.10 Å². The van der Waals surface area contributed by atoms with Crippen molar-refractivity contribution in [1.82, 2.24) is 5.43 Å². The third-order valence-corrected chi connectivity index (χ3v) is 3.25. The van der Waals surface area contributed by atoms with Crippen molar-refractivity contribution in [1.29, 1.82) is 0 Å². The Balaban J connectivity index is 1.93. The molecule has 2 rings (SSSR count). The first-order valence-electron chi connectivity index (χ1n) is 7.48. The predicted octanol–water partition coefficient (Wildman–Crippen LogP) is 2.24. The third kappa shape index (κ3) is 4.87. The highest BCUT2D eigenvalue weighted by molar-refractivity contribution is 5.86. The fraction of sp³-hybridized carbons (Fsp3) is 0.222. The number of hydrazone groups is 1. The largest absolute Gasteiger partial charge is 0.493 e. The van der Waals surface area contributed by atoms with E-state index >= 15 is 0 Å². The molecule has 0 heterocycles. The molecule has 0 aliphatic heterocycles. The Morgan fingerprint density at radius 3 is 2.32 bits per heavy atom. The van der Waals surface area contributed by atoms with Gasteiger partial charge >= 0.3 is 0 Å². The van der Waals surface area contributed by atoms with Crippen molar-refractivity contribution >= 4 is 12.1 Å². The highest BCUT2D eigenvalue weighted by Crippen LogP contribution is 2.29. The number of hydrogen-bond acceptors (Lipinski definition) is 6. The zero-order chi connectivity index (χ0) is 18.1. The molecular formula is C18H20N2O5. The zero-order valence-corrected chi connectivity index (χ0v) is 14.3. The van der Waals surface area contributed by atoms with Gasteiger partial charge in [-0.2, -0.15) is 5.10 Å². The van der Waals surface area contributed by atoms with Crippen LogP contribution >= 0.6 is 0 Å². The van der Waals surface area contributed by atoms with E-state index in [1.165, 1.54) is 20.4 Å². The molecule has 25 heavy (non-hydrogen) atoms. The summed E-state index contributed by atoms with van der Waals surface area (Å²) in [5.41, 5.74) is 3.07. The number of nitrogens with zero attached hydrogens (tertiary/aromatic N) is 1. The number of hydrogen-bond donors (Lipinski definition) is 1. The quantitative estimate of drug-likeness (QED) is 0.587. The van der Waals surface area contributed by atoms with Crippen molar-refractivity contribution in [3.63, 3.8) is 0 Å². The molecule has 7 heteroatoms. The summed E-state index contributed by atoms with van der Waals surface area (Å²) in [6, 6.07) is 12.4. The zero-order valence-electron chi connectivity index (χ0n) is 14.3. The number of amides is 1. The molecule has 0 saturated carbocycles. The van der Waals surface area contributed by atoms with Gasteiger partial charge in [0.2, 0.25) is 0 Å². The molecule has 0 radical (unpaired) electrons. The standard InChI is InChI=1S/C18H20N2O5/c1-22-14-8-4-5-9-15(14)25-12-17(21)20-19-11-13-7-6-10-16(23-2)18(13)24-3/h4-11H,12H2,1-3H3,(H,20,21)/b19-11-. The molecule has 7 nitrogen and oxygen atoms in total. The minimum Gasteiger partial charge on any atom is -0.493 e. The van der Waals surface area contributed by atoms with Crippen LogP contribution < -0.4 is 24.4 Å². The molecule has 0 aliphatic carbocycles. The van der Waals surface area contributed by atoms with E-state index in [0.717, 1.165) is 0 Å². The van der Waals surface area contributed by atoms with E-state index in [0.29, 0.717) is 28.6 Å². The molecule has 0 unspecified atom stereocenters. The van der Waals surface area contributed by atoms with Gasteiger partial charge in [-0.3, -0.25) is 4.79 Å². The Morgan fingerprint density at radius 2 is 1.64 bits per heavy atom. The van der Waals surface area contributed by atoms with Gasteiger partial charge in [-0.25, -0.2) is 5.43 Å². The van der Waals surface area contributed by atoms with Crippen LogP contribution in [0.15, 0.2) is 47.6 Å². The maximum atomic E-state index is 11.8. The summed E-state index contributed by atoms with van der Waals surface area (Å²) in [5.74, 6) is 1.76. The Hall–Kier alpha value is -3.22. The summed E-state index contributed by atoms with van der Waals surface area (Å²) in [4.78, 5) is 11.8. The van der Waals surface area contributed by atoms with Gasteiger partial charge in [-0.1, -0.05) is 18.2 Å².